The maximum atomic E-state index is 13.2. The van der Waals surface area contributed by atoms with Crippen LogP contribution in [0.4, 0.5) is 0 Å². The van der Waals surface area contributed by atoms with Gasteiger partial charge >= 0.3 is 0 Å². The van der Waals surface area contributed by atoms with Gasteiger partial charge in [-0.1, -0.05) is 61.3 Å². The summed E-state index contributed by atoms with van der Waals surface area (Å²) in [5.74, 6) is 0.0179. The van der Waals surface area contributed by atoms with Crippen molar-refractivity contribution in [3.63, 3.8) is 0 Å². The number of carbonyl (C=O) groups is 2. The van der Waals surface area contributed by atoms with E-state index in [4.69, 9.17) is 23.2 Å². The van der Waals surface area contributed by atoms with Crippen LogP contribution in [0.15, 0.2) is 53.4 Å². The van der Waals surface area contributed by atoms with E-state index in [1.54, 1.807) is 17.0 Å². The lowest BCUT2D eigenvalue weighted by Crippen LogP contribution is -2.51. The normalized spacial score (nSPS) is 12.8. The number of hydrogen-bond donors (Lipinski definition) is 1. The Morgan fingerprint density at radius 3 is 2.33 bits per heavy atom. The number of carbonyl (C=O) groups excluding carboxylic acids is 2. The number of rotatable bonds is 10. The summed E-state index contributed by atoms with van der Waals surface area (Å²) >= 11 is 13.7. The van der Waals surface area contributed by atoms with Gasteiger partial charge in [0.2, 0.25) is 11.8 Å². The number of thioether (sulfide) groups is 1. The predicted molar refractivity (Wildman–Crippen MR) is 126 cm³/mol. The average Bonchev–Trinajstić information content (AvgIpc) is 2.75. The molecule has 0 bridgehead atoms. The fraction of sp³-hybridized carbons (Fsp3) is 0.391. The molecule has 0 aromatic heterocycles. The minimum atomic E-state index is -0.558. The average molecular weight is 467 g/mol. The first-order valence-corrected chi connectivity index (χ1v) is 11.8. The van der Waals surface area contributed by atoms with E-state index in [2.05, 4.69) is 5.32 Å². The van der Waals surface area contributed by atoms with Gasteiger partial charge in [0.05, 0.1) is 15.8 Å². The first-order valence-electron chi connectivity index (χ1n) is 10.1. The zero-order valence-corrected chi connectivity index (χ0v) is 19.9. The fourth-order valence-corrected chi connectivity index (χ4v) is 4.07. The van der Waals surface area contributed by atoms with Crippen LogP contribution in [0.2, 0.25) is 10.0 Å². The van der Waals surface area contributed by atoms with Gasteiger partial charge in [0, 0.05) is 17.5 Å². The summed E-state index contributed by atoms with van der Waals surface area (Å²) in [6.45, 7) is 6.18. The van der Waals surface area contributed by atoms with Crippen LogP contribution in [0.3, 0.4) is 0 Å². The number of hydrogen-bond acceptors (Lipinski definition) is 3. The molecule has 0 aliphatic carbocycles. The molecule has 2 atom stereocenters. The zero-order chi connectivity index (χ0) is 22.1. The summed E-state index contributed by atoms with van der Waals surface area (Å²) in [7, 11) is 0. The Hall–Kier alpha value is -1.69. The molecule has 0 aliphatic heterocycles. The highest BCUT2D eigenvalue weighted by Crippen LogP contribution is 2.25. The second-order valence-electron chi connectivity index (χ2n) is 7.11. The van der Waals surface area contributed by atoms with Crippen molar-refractivity contribution < 1.29 is 9.59 Å². The molecule has 162 valence electrons. The fourth-order valence-electron chi connectivity index (χ4n) is 2.94. The largest absolute Gasteiger partial charge is 0.352 e. The molecule has 7 heteroatoms. The number of nitrogens with one attached hydrogen (secondary N) is 1. The molecule has 0 spiro atoms. The third-order valence-electron chi connectivity index (χ3n) is 4.83. The quantitative estimate of drug-likeness (QED) is 0.449. The van der Waals surface area contributed by atoms with Gasteiger partial charge in [0.25, 0.3) is 0 Å². The highest BCUT2D eigenvalue weighted by Gasteiger charge is 2.29. The van der Waals surface area contributed by atoms with Crippen LogP contribution < -0.4 is 5.32 Å². The standard InChI is InChI=1S/C23H28Cl2N2O2S/c1-4-16(3)26-23(29)21(5-2)27(14-17-11-12-19(24)20(25)13-17)22(28)15-30-18-9-7-6-8-10-18/h6-13,16,21H,4-5,14-15H2,1-3H3,(H,26,29). The molecule has 0 aliphatic rings. The molecule has 2 unspecified atom stereocenters. The van der Waals surface area contributed by atoms with Gasteiger partial charge in [-0.3, -0.25) is 9.59 Å². The molecule has 0 heterocycles. The van der Waals surface area contributed by atoms with Crippen molar-refractivity contribution in [2.75, 3.05) is 5.75 Å². The van der Waals surface area contributed by atoms with Gasteiger partial charge in [-0.05, 0) is 49.6 Å². The molecule has 0 saturated carbocycles. The number of halogens is 2. The van der Waals surface area contributed by atoms with Gasteiger partial charge < -0.3 is 10.2 Å². The molecule has 2 rings (SSSR count). The second-order valence-corrected chi connectivity index (χ2v) is 8.98. The van der Waals surface area contributed by atoms with Crippen LogP contribution in [0.5, 0.6) is 0 Å². The van der Waals surface area contributed by atoms with E-state index < -0.39 is 6.04 Å². The van der Waals surface area contributed by atoms with E-state index in [1.807, 2.05) is 57.2 Å². The zero-order valence-electron chi connectivity index (χ0n) is 17.5. The predicted octanol–water partition coefficient (Wildman–Crippen LogP) is 5.81. The summed E-state index contributed by atoms with van der Waals surface area (Å²) in [5.41, 5.74) is 0.831. The number of nitrogens with zero attached hydrogens (tertiary/aromatic N) is 1. The van der Waals surface area contributed by atoms with E-state index in [-0.39, 0.29) is 30.2 Å². The monoisotopic (exact) mass is 466 g/mol. The van der Waals surface area contributed by atoms with Crippen LogP contribution in [0.25, 0.3) is 0 Å². The summed E-state index contributed by atoms with van der Waals surface area (Å²) in [6, 6.07) is 14.5. The molecule has 2 aromatic rings. The highest BCUT2D eigenvalue weighted by molar-refractivity contribution is 8.00. The molecule has 2 aromatic carbocycles. The van der Waals surface area contributed by atoms with E-state index in [9.17, 15) is 9.59 Å². The van der Waals surface area contributed by atoms with Gasteiger partial charge in [-0.15, -0.1) is 11.8 Å². The SMILES string of the molecule is CCC(C)NC(=O)C(CC)N(Cc1ccc(Cl)c(Cl)c1)C(=O)CSc1ccccc1. The van der Waals surface area contributed by atoms with E-state index in [0.717, 1.165) is 16.9 Å². The van der Waals surface area contributed by atoms with Crippen molar-refractivity contribution >= 4 is 46.8 Å². The van der Waals surface area contributed by atoms with Crippen LogP contribution in [-0.4, -0.2) is 34.6 Å². The van der Waals surface area contributed by atoms with E-state index in [0.29, 0.717) is 16.5 Å². The third-order valence-corrected chi connectivity index (χ3v) is 6.57. The number of amides is 2. The van der Waals surface area contributed by atoms with Crippen molar-refractivity contribution in [3.05, 3.63) is 64.1 Å². The van der Waals surface area contributed by atoms with Gasteiger partial charge in [0.15, 0.2) is 0 Å². The van der Waals surface area contributed by atoms with Crippen molar-refractivity contribution in [2.24, 2.45) is 0 Å². The van der Waals surface area contributed by atoms with Crippen LogP contribution >= 0.6 is 35.0 Å². The first kappa shape index (κ1) is 24.6. The molecule has 2 amide bonds. The molecule has 0 fully saturated rings. The van der Waals surface area contributed by atoms with Crippen molar-refractivity contribution in [3.8, 4) is 0 Å². The molecular weight excluding hydrogens is 439 g/mol. The Morgan fingerprint density at radius 2 is 1.73 bits per heavy atom. The molecule has 30 heavy (non-hydrogen) atoms. The Bertz CT molecular complexity index is 848. The Morgan fingerprint density at radius 1 is 1.03 bits per heavy atom. The maximum absolute atomic E-state index is 13.2. The highest BCUT2D eigenvalue weighted by atomic mass is 35.5. The topological polar surface area (TPSA) is 49.4 Å². The summed E-state index contributed by atoms with van der Waals surface area (Å²) < 4.78 is 0. The summed E-state index contributed by atoms with van der Waals surface area (Å²) in [6.07, 6.45) is 1.35. The summed E-state index contributed by atoms with van der Waals surface area (Å²) in [4.78, 5) is 28.8. The summed E-state index contributed by atoms with van der Waals surface area (Å²) in [5, 5.41) is 3.90. The molecule has 0 radical (unpaired) electrons. The van der Waals surface area contributed by atoms with E-state index in [1.165, 1.54) is 11.8 Å². The minimum Gasteiger partial charge on any atom is -0.352 e. The lowest BCUT2D eigenvalue weighted by Gasteiger charge is -2.31. The number of benzene rings is 2. The molecule has 4 nitrogen and oxygen atoms in total. The van der Waals surface area contributed by atoms with Crippen LogP contribution in [-0.2, 0) is 16.1 Å². The second kappa shape index (κ2) is 12.2. The minimum absolute atomic E-state index is 0.0483. The Kier molecular flexibility index (Phi) is 10.0. The lowest BCUT2D eigenvalue weighted by molar-refractivity contribution is -0.139. The molecular formula is C23H28Cl2N2O2S. The lowest BCUT2D eigenvalue weighted by atomic mass is 10.1. The van der Waals surface area contributed by atoms with Crippen molar-refractivity contribution in [1.29, 1.82) is 0 Å². The van der Waals surface area contributed by atoms with Gasteiger partial charge in [0.1, 0.15) is 6.04 Å². The first-order chi connectivity index (χ1) is 14.3. The maximum Gasteiger partial charge on any atom is 0.243 e. The van der Waals surface area contributed by atoms with Crippen LogP contribution in [0.1, 0.15) is 39.2 Å². The van der Waals surface area contributed by atoms with Gasteiger partial charge in [-0.2, -0.15) is 0 Å². The van der Waals surface area contributed by atoms with E-state index >= 15 is 0 Å². The molecule has 1 N–H and O–H groups in total. The Labute approximate surface area is 193 Å². The van der Waals surface area contributed by atoms with Crippen LogP contribution in [0, 0.1) is 0 Å². The molecule has 0 saturated heterocycles. The smallest absolute Gasteiger partial charge is 0.243 e. The third kappa shape index (κ3) is 7.22. The van der Waals surface area contributed by atoms with Crippen molar-refractivity contribution in [1.82, 2.24) is 10.2 Å². The van der Waals surface area contributed by atoms with Crippen molar-refractivity contribution in [2.45, 2.75) is 57.1 Å². The van der Waals surface area contributed by atoms with Gasteiger partial charge in [-0.25, -0.2) is 0 Å². The Balaban J connectivity index is 2.23.